The van der Waals surface area contributed by atoms with Crippen molar-refractivity contribution < 1.29 is 13.6 Å². The van der Waals surface area contributed by atoms with E-state index in [2.05, 4.69) is 15.0 Å². The highest BCUT2D eigenvalue weighted by atomic mass is 19.1. The van der Waals surface area contributed by atoms with Crippen LogP contribution in [0.1, 0.15) is 29.0 Å². The maximum atomic E-state index is 14.7. The van der Waals surface area contributed by atoms with Gasteiger partial charge in [-0.1, -0.05) is 0 Å². The summed E-state index contributed by atoms with van der Waals surface area (Å²) in [6.07, 6.45) is 4.14. The summed E-state index contributed by atoms with van der Waals surface area (Å²) in [5, 5.41) is 0. The van der Waals surface area contributed by atoms with Gasteiger partial charge in [0.05, 0.1) is 47.1 Å². The fourth-order valence-corrected chi connectivity index (χ4v) is 3.06. The van der Waals surface area contributed by atoms with Crippen LogP contribution in [0.2, 0.25) is 0 Å². The van der Waals surface area contributed by atoms with Gasteiger partial charge in [-0.05, 0) is 25.1 Å². The highest BCUT2D eigenvalue weighted by Gasteiger charge is 2.24. The third kappa shape index (κ3) is 2.81. The van der Waals surface area contributed by atoms with Crippen molar-refractivity contribution in [1.29, 1.82) is 0 Å². The maximum Gasteiger partial charge on any atom is 0.257 e. The van der Waals surface area contributed by atoms with Crippen LogP contribution in [0.3, 0.4) is 0 Å². The molecule has 0 aliphatic heterocycles. The number of hydrogen-bond acceptors (Lipinski definition) is 5. The third-order valence-electron chi connectivity index (χ3n) is 4.78. The van der Waals surface area contributed by atoms with Crippen LogP contribution in [0.15, 0.2) is 43.0 Å². The van der Waals surface area contributed by atoms with E-state index in [0.717, 1.165) is 6.20 Å². The molecule has 9 heteroatoms. The van der Waals surface area contributed by atoms with Crippen LogP contribution in [0.25, 0.3) is 16.6 Å². The molecule has 0 saturated heterocycles. The number of halogens is 2. The number of aromatic nitrogens is 4. The Balaban J connectivity index is 1.77. The van der Waals surface area contributed by atoms with Gasteiger partial charge in [-0.25, -0.2) is 18.7 Å². The number of amides is 1. The number of fused-ring (bicyclic) bond motifs is 3. The van der Waals surface area contributed by atoms with Gasteiger partial charge in [-0.2, -0.15) is 0 Å². The Morgan fingerprint density at radius 2 is 2.00 bits per heavy atom. The van der Waals surface area contributed by atoms with E-state index in [1.165, 1.54) is 42.5 Å². The SMILES string of the molecule is C[C@H](c1ccc(F)cn1)N(C)C(=O)c1cc2c(cc1F)nc(N)c1cncn12. The van der Waals surface area contributed by atoms with Crippen molar-refractivity contribution in [1.82, 2.24) is 24.3 Å². The molecule has 0 fully saturated rings. The first kappa shape index (κ1) is 17.8. The number of nitrogens with two attached hydrogens (primary N) is 1. The van der Waals surface area contributed by atoms with Gasteiger partial charge in [0.25, 0.3) is 5.91 Å². The second kappa shape index (κ2) is 6.52. The molecule has 1 atom stereocenters. The highest BCUT2D eigenvalue weighted by molar-refractivity contribution is 5.98. The minimum atomic E-state index is -0.713. The second-order valence-electron chi connectivity index (χ2n) is 6.46. The first-order valence-corrected chi connectivity index (χ1v) is 8.46. The summed E-state index contributed by atoms with van der Waals surface area (Å²) in [6, 6.07) is 4.87. The predicted octanol–water partition coefficient (Wildman–Crippen LogP) is 2.97. The molecule has 4 rings (SSSR count). The number of rotatable bonds is 3. The quantitative estimate of drug-likeness (QED) is 0.588. The fourth-order valence-electron chi connectivity index (χ4n) is 3.06. The lowest BCUT2D eigenvalue weighted by atomic mass is 10.1. The normalized spacial score (nSPS) is 12.4. The van der Waals surface area contributed by atoms with Crippen LogP contribution in [0.4, 0.5) is 14.6 Å². The number of carbonyl (C=O) groups is 1. The van der Waals surface area contributed by atoms with E-state index in [1.54, 1.807) is 17.5 Å². The van der Waals surface area contributed by atoms with Crippen molar-refractivity contribution in [3.63, 3.8) is 0 Å². The van der Waals surface area contributed by atoms with Crippen LogP contribution in [-0.2, 0) is 0 Å². The van der Waals surface area contributed by atoms with Gasteiger partial charge < -0.3 is 10.6 Å². The molecule has 3 heterocycles. The maximum absolute atomic E-state index is 14.7. The monoisotopic (exact) mass is 382 g/mol. The van der Waals surface area contributed by atoms with Gasteiger partial charge in [-0.3, -0.25) is 14.2 Å². The van der Waals surface area contributed by atoms with Gasteiger partial charge in [0.2, 0.25) is 0 Å². The van der Waals surface area contributed by atoms with Crippen molar-refractivity contribution in [2.24, 2.45) is 0 Å². The minimum absolute atomic E-state index is 0.120. The number of benzene rings is 1. The van der Waals surface area contributed by atoms with E-state index in [-0.39, 0.29) is 11.4 Å². The predicted molar refractivity (Wildman–Crippen MR) is 99.6 cm³/mol. The van der Waals surface area contributed by atoms with E-state index in [9.17, 15) is 13.6 Å². The number of pyridine rings is 1. The van der Waals surface area contributed by atoms with Crippen molar-refractivity contribution in [2.45, 2.75) is 13.0 Å². The van der Waals surface area contributed by atoms with Crippen molar-refractivity contribution >= 4 is 28.3 Å². The highest BCUT2D eigenvalue weighted by Crippen LogP contribution is 2.25. The van der Waals surface area contributed by atoms with Crippen LogP contribution >= 0.6 is 0 Å². The topological polar surface area (TPSA) is 89.4 Å². The van der Waals surface area contributed by atoms with Crippen molar-refractivity contribution in [3.8, 4) is 0 Å². The number of carbonyl (C=O) groups excluding carboxylic acids is 1. The standard InChI is InChI=1S/C19H16F2N6O/c1-10(14-4-3-11(20)7-24-14)26(2)19(28)12-5-16-15(6-13(12)21)25-18(22)17-8-23-9-27(16)17/h3-10H,1-2H3,(H2,22,25)/t10-/m1/s1. The summed E-state index contributed by atoms with van der Waals surface area (Å²) in [5.74, 6) is -1.50. The van der Waals surface area contributed by atoms with Gasteiger partial charge in [0.1, 0.15) is 23.0 Å². The van der Waals surface area contributed by atoms with Crippen molar-refractivity contribution in [3.05, 3.63) is 65.9 Å². The Morgan fingerprint density at radius 1 is 1.21 bits per heavy atom. The van der Waals surface area contributed by atoms with E-state index in [0.29, 0.717) is 22.2 Å². The molecular formula is C19H16F2N6O. The first-order valence-electron chi connectivity index (χ1n) is 8.46. The molecule has 4 aromatic rings. The zero-order chi connectivity index (χ0) is 20.0. The number of nitrogen functional groups attached to an aromatic ring is 1. The molecule has 1 amide bonds. The summed E-state index contributed by atoms with van der Waals surface area (Å²) >= 11 is 0. The van der Waals surface area contributed by atoms with Gasteiger partial charge in [0, 0.05) is 13.1 Å². The Morgan fingerprint density at radius 3 is 2.71 bits per heavy atom. The molecular weight excluding hydrogens is 366 g/mol. The van der Waals surface area contributed by atoms with Gasteiger partial charge in [-0.15, -0.1) is 0 Å². The van der Waals surface area contributed by atoms with Crippen LogP contribution in [0.5, 0.6) is 0 Å². The second-order valence-corrected chi connectivity index (χ2v) is 6.46. The Labute approximate surface area is 158 Å². The fraction of sp³-hybridized carbons (Fsp3) is 0.158. The molecule has 0 radical (unpaired) electrons. The van der Waals surface area contributed by atoms with Gasteiger partial charge in [0.15, 0.2) is 0 Å². The van der Waals surface area contributed by atoms with Gasteiger partial charge >= 0.3 is 0 Å². The van der Waals surface area contributed by atoms with E-state index in [4.69, 9.17) is 5.73 Å². The van der Waals surface area contributed by atoms with Crippen LogP contribution in [0, 0.1) is 11.6 Å². The first-order chi connectivity index (χ1) is 13.4. The lowest BCUT2D eigenvalue weighted by molar-refractivity contribution is 0.0735. The molecule has 0 spiro atoms. The zero-order valence-corrected chi connectivity index (χ0v) is 15.1. The number of anilines is 1. The average molecular weight is 382 g/mol. The molecule has 7 nitrogen and oxygen atoms in total. The molecule has 0 saturated carbocycles. The van der Waals surface area contributed by atoms with E-state index >= 15 is 0 Å². The third-order valence-corrected chi connectivity index (χ3v) is 4.78. The molecule has 0 bridgehead atoms. The molecule has 1 aromatic carbocycles. The van der Waals surface area contributed by atoms with Crippen LogP contribution in [-0.4, -0.2) is 37.2 Å². The number of nitrogens with zero attached hydrogens (tertiary/aromatic N) is 5. The molecule has 3 aromatic heterocycles. The smallest absolute Gasteiger partial charge is 0.257 e. The average Bonchev–Trinajstić information content (AvgIpc) is 3.17. The number of imidazole rings is 1. The summed E-state index contributed by atoms with van der Waals surface area (Å²) in [6.45, 7) is 1.73. The molecule has 0 aliphatic carbocycles. The van der Waals surface area contributed by atoms with E-state index < -0.39 is 23.6 Å². The Bertz CT molecular complexity index is 1200. The molecule has 0 unspecified atom stereocenters. The molecule has 28 heavy (non-hydrogen) atoms. The van der Waals surface area contributed by atoms with Crippen LogP contribution < -0.4 is 5.73 Å². The summed E-state index contributed by atoms with van der Waals surface area (Å²) in [5.41, 5.74) is 7.63. The summed E-state index contributed by atoms with van der Waals surface area (Å²) in [4.78, 5) is 26.5. The molecule has 2 N–H and O–H groups in total. The molecule has 142 valence electrons. The lowest BCUT2D eigenvalue weighted by Crippen LogP contribution is -2.31. The zero-order valence-electron chi connectivity index (χ0n) is 15.1. The largest absolute Gasteiger partial charge is 0.382 e. The van der Waals surface area contributed by atoms with E-state index in [1.807, 2.05) is 0 Å². The molecule has 0 aliphatic rings. The summed E-state index contributed by atoms with van der Waals surface area (Å²) < 4.78 is 29.4. The lowest BCUT2D eigenvalue weighted by Gasteiger charge is -2.25. The Kier molecular flexibility index (Phi) is 4.14. The summed E-state index contributed by atoms with van der Waals surface area (Å²) in [7, 11) is 1.54. The number of hydrogen-bond donors (Lipinski definition) is 1. The Hall–Kier alpha value is -3.62. The van der Waals surface area contributed by atoms with Crippen molar-refractivity contribution in [2.75, 3.05) is 12.8 Å². The minimum Gasteiger partial charge on any atom is -0.382 e.